The zero-order valence-electron chi connectivity index (χ0n) is 13.6. The van der Waals surface area contributed by atoms with Crippen LogP contribution in [-0.2, 0) is 9.59 Å². The number of amides is 2. The Morgan fingerprint density at radius 3 is 2.62 bits per heavy atom. The van der Waals surface area contributed by atoms with Crippen molar-refractivity contribution in [3.05, 3.63) is 49.1 Å². The van der Waals surface area contributed by atoms with Crippen molar-refractivity contribution in [3.63, 3.8) is 0 Å². The summed E-state index contributed by atoms with van der Waals surface area (Å²) in [5.74, 6) is -0.501. The van der Waals surface area contributed by atoms with Crippen molar-refractivity contribution in [1.82, 2.24) is 10.7 Å². The lowest BCUT2D eigenvalue weighted by Crippen LogP contribution is -2.37. The molecule has 0 aliphatic rings. The number of ether oxygens (including phenoxy) is 2. The number of carbonyl (C=O) groups is 2. The van der Waals surface area contributed by atoms with Gasteiger partial charge in [-0.3, -0.25) is 9.59 Å². The molecule has 2 N–H and O–H groups in total. The van der Waals surface area contributed by atoms with E-state index in [4.69, 9.17) is 9.47 Å². The summed E-state index contributed by atoms with van der Waals surface area (Å²) < 4.78 is 11.0. The van der Waals surface area contributed by atoms with Gasteiger partial charge in [-0.1, -0.05) is 18.7 Å². The van der Waals surface area contributed by atoms with Gasteiger partial charge in [0.2, 0.25) is 0 Å². The molecule has 0 bridgehead atoms. The van der Waals surface area contributed by atoms with Crippen molar-refractivity contribution < 1.29 is 19.1 Å². The first-order chi connectivity index (χ1) is 11.6. The highest BCUT2D eigenvalue weighted by molar-refractivity contribution is 6.35. The van der Waals surface area contributed by atoms with Gasteiger partial charge in [0.05, 0.1) is 12.8 Å². The lowest BCUT2D eigenvalue weighted by Gasteiger charge is -2.11. The van der Waals surface area contributed by atoms with E-state index in [0.717, 1.165) is 0 Å². The summed E-state index contributed by atoms with van der Waals surface area (Å²) in [6.07, 6.45) is 4.51. The lowest BCUT2D eigenvalue weighted by atomic mass is 10.2. The van der Waals surface area contributed by atoms with E-state index in [1.54, 1.807) is 24.3 Å². The van der Waals surface area contributed by atoms with Crippen molar-refractivity contribution in [3.8, 4) is 11.5 Å². The summed E-state index contributed by atoms with van der Waals surface area (Å²) in [7, 11) is 0. The predicted octanol–water partition coefficient (Wildman–Crippen LogP) is 1.40. The van der Waals surface area contributed by atoms with Crippen molar-refractivity contribution in [1.29, 1.82) is 0 Å². The van der Waals surface area contributed by atoms with Crippen LogP contribution in [0.2, 0.25) is 0 Å². The largest absolute Gasteiger partial charge is 0.490 e. The third kappa shape index (κ3) is 6.35. The Labute approximate surface area is 141 Å². The number of rotatable bonds is 9. The monoisotopic (exact) mass is 331 g/mol. The first-order valence-corrected chi connectivity index (χ1v) is 7.35. The van der Waals surface area contributed by atoms with Crippen LogP contribution in [0, 0.1) is 0 Å². The number of nitrogens with zero attached hydrogens (tertiary/aromatic N) is 1. The smallest absolute Gasteiger partial charge is 0.329 e. The first kappa shape index (κ1) is 19.0. The van der Waals surface area contributed by atoms with Gasteiger partial charge in [-0.2, -0.15) is 5.10 Å². The molecule has 0 radical (unpaired) electrons. The molecule has 128 valence electrons. The Kier molecular flexibility index (Phi) is 8.38. The average molecular weight is 331 g/mol. The fraction of sp³-hybridized carbons (Fsp3) is 0.235. The zero-order valence-corrected chi connectivity index (χ0v) is 13.6. The molecule has 0 aromatic heterocycles. The van der Waals surface area contributed by atoms with E-state index in [1.165, 1.54) is 12.3 Å². The van der Waals surface area contributed by atoms with Crippen LogP contribution in [0.5, 0.6) is 11.5 Å². The molecule has 7 nitrogen and oxygen atoms in total. The number of hydrogen-bond donors (Lipinski definition) is 2. The van der Waals surface area contributed by atoms with Crippen LogP contribution in [0.15, 0.2) is 48.6 Å². The van der Waals surface area contributed by atoms with Gasteiger partial charge < -0.3 is 14.8 Å². The van der Waals surface area contributed by atoms with E-state index in [1.807, 2.05) is 6.92 Å². The van der Waals surface area contributed by atoms with Crippen LogP contribution in [0.25, 0.3) is 0 Å². The maximum Gasteiger partial charge on any atom is 0.329 e. The molecule has 0 saturated heterocycles. The highest BCUT2D eigenvalue weighted by Gasteiger charge is 2.10. The molecule has 0 saturated carbocycles. The fourth-order valence-corrected chi connectivity index (χ4v) is 1.60. The molecule has 0 atom stereocenters. The van der Waals surface area contributed by atoms with Gasteiger partial charge in [0, 0.05) is 6.54 Å². The first-order valence-electron chi connectivity index (χ1n) is 7.35. The van der Waals surface area contributed by atoms with E-state index >= 15 is 0 Å². The molecular formula is C17H21N3O4. The second-order valence-electron chi connectivity index (χ2n) is 4.44. The molecule has 0 fully saturated rings. The summed E-state index contributed by atoms with van der Waals surface area (Å²) in [6.45, 7) is 9.94. The van der Waals surface area contributed by atoms with Crippen LogP contribution in [0.4, 0.5) is 0 Å². The van der Waals surface area contributed by atoms with Gasteiger partial charge in [0.15, 0.2) is 11.5 Å². The van der Waals surface area contributed by atoms with Crippen LogP contribution in [0.1, 0.15) is 12.5 Å². The van der Waals surface area contributed by atoms with Crippen molar-refractivity contribution in [2.45, 2.75) is 6.92 Å². The fourth-order valence-electron chi connectivity index (χ4n) is 1.60. The van der Waals surface area contributed by atoms with Gasteiger partial charge in [-0.05, 0) is 30.7 Å². The van der Waals surface area contributed by atoms with E-state index in [-0.39, 0.29) is 6.54 Å². The maximum atomic E-state index is 11.5. The minimum absolute atomic E-state index is 0.208. The van der Waals surface area contributed by atoms with Crippen LogP contribution < -0.4 is 20.2 Å². The van der Waals surface area contributed by atoms with E-state index in [0.29, 0.717) is 30.3 Å². The van der Waals surface area contributed by atoms with Crippen molar-refractivity contribution >= 4 is 18.0 Å². The summed E-state index contributed by atoms with van der Waals surface area (Å²) in [4.78, 5) is 22.8. The molecule has 1 aromatic rings. The van der Waals surface area contributed by atoms with Crippen LogP contribution in [0.3, 0.4) is 0 Å². The summed E-state index contributed by atoms with van der Waals surface area (Å²) in [5, 5.41) is 6.09. The number of hydrazone groups is 1. The second-order valence-corrected chi connectivity index (χ2v) is 4.44. The normalized spacial score (nSPS) is 10.0. The van der Waals surface area contributed by atoms with Gasteiger partial charge in [-0.25, -0.2) is 5.43 Å². The van der Waals surface area contributed by atoms with Gasteiger partial charge in [-0.15, -0.1) is 6.58 Å². The molecule has 0 heterocycles. The minimum atomic E-state index is -0.857. The van der Waals surface area contributed by atoms with E-state index in [9.17, 15) is 9.59 Å². The highest BCUT2D eigenvalue weighted by Crippen LogP contribution is 2.28. The third-order valence-corrected chi connectivity index (χ3v) is 2.62. The maximum absolute atomic E-state index is 11.5. The predicted molar refractivity (Wildman–Crippen MR) is 92.2 cm³/mol. The third-order valence-electron chi connectivity index (χ3n) is 2.62. The quantitative estimate of drug-likeness (QED) is 0.310. The SMILES string of the molecule is C=CCNC(=O)C(=O)NN=Cc1ccc(OCC=C)c(OCC)c1. The second kappa shape index (κ2) is 10.6. The molecule has 1 rings (SSSR count). The van der Waals surface area contributed by atoms with Gasteiger partial charge >= 0.3 is 11.8 Å². The number of carbonyl (C=O) groups excluding carboxylic acids is 2. The summed E-state index contributed by atoms with van der Waals surface area (Å²) >= 11 is 0. The topological polar surface area (TPSA) is 89.0 Å². The molecule has 0 aliphatic carbocycles. The summed E-state index contributed by atoms with van der Waals surface area (Å²) in [6, 6.07) is 5.19. The number of hydrogen-bond acceptors (Lipinski definition) is 5. The van der Waals surface area contributed by atoms with Crippen molar-refractivity contribution in [2.24, 2.45) is 5.10 Å². The standard InChI is InChI=1S/C17H21N3O4/c1-4-9-18-16(21)17(22)20-19-12-13-7-8-14(24-10-5-2)15(11-13)23-6-3/h4-5,7-8,11-12H,1-2,6,9-10H2,3H3,(H,18,21)(H,20,22). The molecule has 24 heavy (non-hydrogen) atoms. The molecule has 1 aromatic carbocycles. The Balaban J connectivity index is 2.71. The van der Waals surface area contributed by atoms with E-state index in [2.05, 4.69) is 29.0 Å². The Morgan fingerprint density at radius 2 is 1.96 bits per heavy atom. The Hall–Kier alpha value is -3.09. The van der Waals surface area contributed by atoms with Gasteiger partial charge in [0.25, 0.3) is 0 Å². The van der Waals surface area contributed by atoms with E-state index < -0.39 is 11.8 Å². The molecule has 0 aliphatic heterocycles. The lowest BCUT2D eigenvalue weighted by molar-refractivity contribution is -0.139. The molecule has 0 unspecified atom stereocenters. The molecule has 7 heteroatoms. The van der Waals surface area contributed by atoms with Crippen molar-refractivity contribution in [2.75, 3.05) is 19.8 Å². The zero-order chi connectivity index (χ0) is 17.8. The minimum Gasteiger partial charge on any atom is -0.490 e. The van der Waals surface area contributed by atoms with Crippen LogP contribution in [-0.4, -0.2) is 37.8 Å². The Morgan fingerprint density at radius 1 is 1.17 bits per heavy atom. The summed E-state index contributed by atoms with van der Waals surface area (Å²) in [5.41, 5.74) is 2.82. The molecule has 2 amide bonds. The number of benzene rings is 1. The van der Waals surface area contributed by atoms with Gasteiger partial charge in [0.1, 0.15) is 6.61 Å². The average Bonchev–Trinajstić information content (AvgIpc) is 2.59. The molecular weight excluding hydrogens is 310 g/mol. The molecule has 0 spiro atoms. The van der Waals surface area contributed by atoms with Crippen LogP contribution >= 0.6 is 0 Å². The Bertz CT molecular complexity index is 626. The number of nitrogens with one attached hydrogen (secondary N) is 2. The highest BCUT2D eigenvalue weighted by atomic mass is 16.5.